The minimum absolute atomic E-state index is 0.142. The zero-order chi connectivity index (χ0) is 11.6. The van der Waals surface area contributed by atoms with E-state index >= 15 is 0 Å². The maximum absolute atomic E-state index is 10.7. The van der Waals surface area contributed by atoms with E-state index in [4.69, 9.17) is 5.11 Å². The maximum atomic E-state index is 10.7. The zero-order valence-electron chi connectivity index (χ0n) is 8.69. The molecule has 15 heavy (non-hydrogen) atoms. The number of hydrogen-bond acceptors (Lipinski definition) is 3. The van der Waals surface area contributed by atoms with Gasteiger partial charge in [-0.05, 0) is 25.5 Å². The van der Waals surface area contributed by atoms with Crippen LogP contribution in [-0.2, 0) is 6.42 Å². The molecule has 0 unspecified atom stereocenters. The molecular formula is C11H14O4. The third-order valence-corrected chi connectivity index (χ3v) is 1.97. The second-order valence-corrected chi connectivity index (χ2v) is 4.11. The van der Waals surface area contributed by atoms with Crippen molar-refractivity contribution in [2.24, 2.45) is 0 Å². The van der Waals surface area contributed by atoms with Gasteiger partial charge in [-0.1, -0.05) is 12.1 Å². The number of hydrogen-bond donors (Lipinski definition) is 3. The molecule has 0 radical (unpaired) electrons. The average Bonchev–Trinajstić information content (AvgIpc) is 2.05. The van der Waals surface area contributed by atoms with E-state index in [0.29, 0.717) is 5.56 Å². The molecule has 3 N–H and O–H groups in total. The Labute approximate surface area is 87.8 Å². The third-order valence-electron chi connectivity index (χ3n) is 1.97. The number of carboxylic acid groups (broad SMARTS) is 1. The molecule has 0 saturated heterocycles. The first-order valence-electron chi connectivity index (χ1n) is 4.58. The monoisotopic (exact) mass is 210 g/mol. The lowest BCUT2D eigenvalue weighted by atomic mass is 9.96. The predicted octanol–water partition coefficient (Wildman–Crippen LogP) is 1.40. The van der Waals surface area contributed by atoms with Gasteiger partial charge in [-0.15, -0.1) is 0 Å². The molecule has 0 aliphatic rings. The Morgan fingerprint density at radius 1 is 1.40 bits per heavy atom. The molecular weight excluding hydrogens is 196 g/mol. The van der Waals surface area contributed by atoms with Crippen LogP contribution in [0.4, 0.5) is 0 Å². The maximum Gasteiger partial charge on any atom is 0.339 e. The topological polar surface area (TPSA) is 77.8 Å². The molecule has 0 heterocycles. The normalized spacial score (nSPS) is 11.4. The van der Waals surface area contributed by atoms with E-state index < -0.39 is 11.6 Å². The smallest absolute Gasteiger partial charge is 0.339 e. The van der Waals surface area contributed by atoms with Gasteiger partial charge in [0.1, 0.15) is 11.3 Å². The summed E-state index contributed by atoms with van der Waals surface area (Å²) >= 11 is 0. The van der Waals surface area contributed by atoms with Gasteiger partial charge in [-0.2, -0.15) is 0 Å². The predicted molar refractivity (Wildman–Crippen MR) is 55.1 cm³/mol. The van der Waals surface area contributed by atoms with Gasteiger partial charge >= 0.3 is 5.97 Å². The fourth-order valence-electron chi connectivity index (χ4n) is 1.37. The van der Waals surface area contributed by atoms with E-state index in [0.717, 1.165) is 0 Å². The Bertz CT molecular complexity index is 377. The third kappa shape index (κ3) is 2.95. The number of aromatic carboxylic acids is 1. The van der Waals surface area contributed by atoms with Crippen molar-refractivity contribution in [2.75, 3.05) is 0 Å². The van der Waals surface area contributed by atoms with Crippen molar-refractivity contribution in [3.63, 3.8) is 0 Å². The van der Waals surface area contributed by atoms with E-state index in [-0.39, 0.29) is 17.7 Å². The van der Waals surface area contributed by atoms with Crippen LogP contribution in [0.5, 0.6) is 5.75 Å². The Balaban J connectivity index is 3.10. The van der Waals surface area contributed by atoms with Crippen molar-refractivity contribution in [3.05, 3.63) is 29.3 Å². The molecule has 0 atom stereocenters. The molecule has 82 valence electrons. The van der Waals surface area contributed by atoms with Crippen molar-refractivity contribution < 1.29 is 20.1 Å². The minimum Gasteiger partial charge on any atom is -0.507 e. The molecule has 0 saturated carbocycles. The molecule has 4 nitrogen and oxygen atoms in total. The average molecular weight is 210 g/mol. The van der Waals surface area contributed by atoms with Gasteiger partial charge in [0.05, 0.1) is 5.60 Å². The number of benzene rings is 1. The fourth-order valence-corrected chi connectivity index (χ4v) is 1.37. The molecule has 4 heteroatoms. The largest absolute Gasteiger partial charge is 0.507 e. The molecule has 0 spiro atoms. The summed E-state index contributed by atoms with van der Waals surface area (Å²) in [6.45, 7) is 3.19. The van der Waals surface area contributed by atoms with E-state index in [1.165, 1.54) is 6.07 Å². The summed E-state index contributed by atoms with van der Waals surface area (Å²) < 4.78 is 0. The van der Waals surface area contributed by atoms with Crippen LogP contribution in [0.3, 0.4) is 0 Å². The summed E-state index contributed by atoms with van der Waals surface area (Å²) in [7, 11) is 0. The van der Waals surface area contributed by atoms with E-state index in [1.807, 2.05) is 0 Å². The van der Waals surface area contributed by atoms with Gasteiger partial charge in [0, 0.05) is 6.42 Å². The summed E-state index contributed by atoms with van der Waals surface area (Å²) in [5.74, 6) is -1.45. The lowest BCUT2D eigenvalue weighted by Crippen LogP contribution is -2.22. The number of rotatable bonds is 3. The summed E-state index contributed by atoms with van der Waals surface area (Å²) in [5, 5.41) is 28.0. The van der Waals surface area contributed by atoms with Gasteiger partial charge < -0.3 is 15.3 Å². The first-order chi connectivity index (χ1) is 6.81. The van der Waals surface area contributed by atoms with E-state index in [9.17, 15) is 15.0 Å². The molecule has 1 rings (SSSR count). The first kappa shape index (κ1) is 11.5. The number of carbonyl (C=O) groups is 1. The highest BCUT2D eigenvalue weighted by atomic mass is 16.4. The van der Waals surface area contributed by atoms with Crippen LogP contribution in [0.15, 0.2) is 18.2 Å². The van der Waals surface area contributed by atoms with Gasteiger partial charge in [0.25, 0.3) is 0 Å². The fraction of sp³-hybridized carbons (Fsp3) is 0.364. The molecule has 0 amide bonds. The molecule has 1 aromatic carbocycles. The van der Waals surface area contributed by atoms with Crippen molar-refractivity contribution in [2.45, 2.75) is 25.9 Å². The first-order valence-corrected chi connectivity index (χ1v) is 4.58. The second-order valence-electron chi connectivity index (χ2n) is 4.11. The molecule has 0 aliphatic carbocycles. The quantitative estimate of drug-likeness (QED) is 0.704. The summed E-state index contributed by atoms with van der Waals surface area (Å²) in [6.07, 6.45) is 0.208. The summed E-state index contributed by atoms with van der Waals surface area (Å²) in [5.41, 5.74) is -0.687. The molecule has 0 bridgehead atoms. The standard InChI is InChI=1S/C11H14O4/c1-11(2,15)6-7-4-3-5-8(9(7)12)10(13)14/h3-5,12,15H,6H2,1-2H3,(H,13,14). The van der Waals surface area contributed by atoms with E-state index in [2.05, 4.69) is 0 Å². The highest BCUT2D eigenvalue weighted by Gasteiger charge is 2.19. The van der Waals surface area contributed by atoms with Gasteiger partial charge in [0.2, 0.25) is 0 Å². The SMILES string of the molecule is CC(C)(O)Cc1cccc(C(=O)O)c1O. The van der Waals surface area contributed by atoms with Crippen LogP contribution in [-0.4, -0.2) is 26.9 Å². The van der Waals surface area contributed by atoms with Gasteiger partial charge in [-0.25, -0.2) is 4.79 Å². The molecule has 0 aliphatic heterocycles. The summed E-state index contributed by atoms with van der Waals surface area (Å²) in [6, 6.07) is 4.47. The molecule has 0 aromatic heterocycles. The minimum atomic E-state index is -1.18. The number of aromatic hydroxyl groups is 1. The molecule has 0 fully saturated rings. The Morgan fingerprint density at radius 3 is 2.47 bits per heavy atom. The van der Waals surface area contributed by atoms with Crippen LogP contribution >= 0.6 is 0 Å². The molecule has 1 aromatic rings. The van der Waals surface area contributed by atoms with Crippen LogP contribution in [0.2, 0.25) is 0 Å². The van der Waals surface area contributed by atoms with Crippen molar-refractivity contribution >= 4 is 5.97 Å². The van der Waals surface area contributed by atoms with Crippen LogP contribution in [0.25, 0.3) is 0 Å². The van der Waals surface area contributed by atoms with E-state index in [1.54, 1.807) is 26.0 Å². The highest BCUT2D eigenvalue weighted by molar-refractivity contribution is 5.91. The van der Waals surface area contributed by atoms with Crippen molar-refractivity contribution in [1.29, 1.82) is 0 Å². The number of carboxylic acids is 1. The number of aliphatic hydroxyl groups is 1. The second kappa shape index (κ2) is 3.90. The lowest BCUT2D eigenvalue weighted by molar-refractivity contribution is 0.0687. The Morgan fingerprint density at radius 2 is 2.00 bits per heavy atom. The zero-order valence-corrected chi connectivity index (χ0v) is 8.69. The van der Waals surface area contributed by atoms with Crippen molar-refractivity contribution in [3.8, 4) is 5.75 Å². The van der Waals surface area contributed by atoms with Crippen molar-refractivity contribution in [1.82, 2.24) is 0 Å². The van der Waals surface area contributed by atoms with Crippen LogP contribution in [0.1, 0.15) is 29.8 Å². The van der Waals surface area contributed by atoms with Crippen LogP contribution in [0, 0.1) is 0 Å². The Hall–Kier alpha value is -1.55. The van der Waals surface area contributed by atoms with Gasteiger partial charge in [0.15, 0.2) is 0 Å². The Kier molecular flexibility index (Phi) is 3.00. The number of phenols is 1. The lowest BCUT2D eigenvalue weighted by Gasteiger charge is -2.18. The highest BCUT2D eigenvalue weighted by Crippen LogP contribution is 2.25. The summed E-state index contributed by atoms with van der Waals surface area (Å²) in [4.78, 5) is 10.7. The van der Waals surface area contributed by atoms with Crippen LogP contribution < -0.4 is 0 Å². The number of para-hydroxylation sites is 1. The van der Waals surface area contributed by atoms with Gasteiger partial charge in [-0.3, -0.25) is 0 Å².